The van der Waals surface area contributed by atoms with Crippen molar-refractivity contribution in [1.29, 1.82) is 0 Å². The van der Waals surface area contributed by atoms with Crippen LogP contribution < -0.4 is 5.73 Å². The predicted molar refractivity (Wildman–Crippen MR) is 59.0 cm³/mol. The molecule has 1 fully saturated rings. The zero-order chi connectivity index (χ0) is 10.6. The summed E-state index contributed by atoms with van der Waals surface area (Å²) in [6.45, 7) is 3.81. The Kier molecular flexibility index (Phi) is 4.59. The van der Waals surface area contributed by atoms with Gasteiger partial charge in [-0.15, -0.1) is 0 Å². The van der Waals surface area contributed by atoms with Gasteiger partial charge in [0.05, 0.1) is 6.04 Å². The first-order valence-electron chi connectivity index (χ1n) is 5.85. The highest BCUT2D eigenvalue weighted by molar-refractivity contribution is 5.81. The zero-order valence-electron chi connectivity index (χ0n) is 9.46. The van der Waals surface area contributed by atoms with Crippen molar-refractivity contribution in [3.8, 4) is 0 Å². The van der Waals surface area contributed by atoms with Crippen LogP contribution in [-0.4, -0.2) is 11.8 Å². The van der Waals surface area contributed by atoms with Gasteiger partial charge in [0.2, 0.25) is 0 Å². The molecular weight excluding hydrogens is 174 g/mol. The third-order valence-corrected chi connectivity index (χ3v) is 3.39. The molecule has 2 N–H and O–H groups in total. The Morgan fingerprint density at radius 2 is 2.00 bits per heavy atom. The largest absolute Gasteiger partial charge is 0.322 e. The van der Waals surface area contributed by atoms with Crippen molar-refractivity contribution in [1.82, 2.24) is 0 Å². The molecule has 1 rings (SSSR count). The van der Waals surface area contributed by atoms with Gasteiger partial charge in [0, 0.05) is 0 Å². The Morgan fingerprint density at radius 3 is 2.50 bits per heavy atom. The van der Waals surface area contributed by atoms with Crippen molar-refractivity contribution in [2.45, 2.75) is 58.4 Å². The number of nitrogens with two attached hydrogens (primary N) is 1. The van der Waals surface area contributed by atoms with E-state index in [4.69, 9.17) is 5.73 Å². The topological polar surface area (TPSA) is 43.1 Å². The van der Waals surface area contributed by atoms with Crippen LogP contribution in [0.5, 0.6) is 0 Å². The maximum absolute atomic E-state index is 11.0. The molecule has 0 amide bonds. The zero-order valence-corrected chi connectivity index (χ0v) is 9.46. The van der Waals surface area contributed by atoms with Crippen LogP contribution in [0.4, 0.5) is 0 Å². The summed E-state index contributed by atoms with van der Waals surface area (Å²) >= 11 is 0. The third-order valence-electron chi connectivity index (χ3n) is 3.39. The monoisotopic (exact) mass is 197 g/mol. The van der Waals surface area contributed by atoms with E-state index in [2.05, 4.69) is 6.92 Å². The molecule has 2 atom stereocenters. The van der Waals surface area contributed by atoms with Gasteiger partial charge in [-0.05, 0) is 31.6 Å². The lowest BCUT2D eigenvalue weighted by atomic mass is 9.89. The molecule has 0 bridgehead atoms. The van der Waals surface area contributed by atoms with Crippen LogP contribution in [0.1, 0.15) is 52.4 Å². The molecule has 1 aliphatic rings. The molecule has 14 heavy (non-hydrogen) atoms. The van der Waals surface area contributed by atoms with Crippen LogP contribution in [0.25, 0.3) is 0 Å². The first-order chi connectivity index (χ1) is 6.59. The van der Waals surface area contributed by atoms with E-state index in [9.17, 15) is 4.79 Å². The molecule has 0 aromatic rings. The third kappa shape index (κ3) is 3.79. The van der Waals surface area contributed by atoms with Crippen LogP contribution >= 0.6 is 0 Å². The minimum absolute atomic E-state index is 0.128. The Bertz CT molecular complexity index is 185. The summed E-state index contributed by atoms with van der Waals surface area (Å²) in [5.41, 5.74) is 5.74. The first-order valence-corrected chi connectivity index (χ1v) is 5.85. The Hall–Kier alpha value is -0.370. The summed E-state index contributed by atoms with van der Waals surface area (Å²) in [4.78, 5) is 11.0. The number of rotatable bonds is 5. The molecular formula is C12H23NO. The average Bonchev–Trinajstić information content (AvgIpc) is 2.56. The van der Waals surface area contributed by atoms with Gasteiger partial charge >= 0.3 is 0 Å². The van der Waals surface area contributed by atoms with Gasteiger partial charge in [-0.1, -0.05) is 32.6 Å². The molecule has 0 aliphatic heterocycles. The van der Waals surface area contributed by atoms with Gasteiger partial charge in [-0.3, -0.25) is 4.79 Å². The van der Waals surface area contributed by atoms with Crippen molar-refractivity contribution in [3.63, 3.8) is 0 Å². The molecule has 0 unspecified atom stereocenters. The number of carbonyl (C=O) groups excluding carboxylic acids is 1. The second-order valence-corrected chi connectivity index (χ2v) is 4.94. The lowest BCUT2D eigenvalue weighted by molar-refractivity contribution is -0.118. The fraction of sp³-hybridized carbons (Fsp3) is 0.917. The van der Waals surface area contributed by atoms with Crippen molar-refractivity contribution in [2.75, 3.05) is 0 Å². The number of Topliss-reactive ketones (excluding diaryl/α,β-unsaturated/α-hetero) is 1. The van der Waals surface area contributed by atoms with E-state index in [1.54, 1.807) is 6.92 Å². The van der Waals surface area contributed by atoms with Crippen molar-refractivity contribution in [3.05, 3.63) is 0 Å². The summed E-state index contributed by atoms with van der Waals surface area (Å²) in [7, 11) is 0. The van der Waals surface area contributed by atoms with E-state index in [0.717, 1.165) is 12.3 Å². The molecule has 0 radical (unpaired) electrons. The maximum atomic E-state index is 11.0. The lowest BCUT2D eigenvalue weighted by Crippen LogP contribution is -2.30. The van der Waals surface area contributed by atoms with E-state index in [1.165, 1.54) is 32.1 Å². The van der Waals surface area contributed by atoms with Crippen molar-refractivity contribution >= 4 is 5.78 Å². The molecule has 2 heteroatoms. The van der Waals surface area contributed by atoms with Gasteiger partial charge in [0.25, 0.3) is 0 Å². The predicted octanol–water partition coefficient (Wildman–Crippen LogP) is 2.51. The highest BCUT2D eigenvalue weighted by Crippen LogP contribution is 2.31. The highest BCUT2D eigenvalue weighted by Gasteiger charge is 2.20. The van der Waals surface area contributed by atoms with Crippen LogP contribution in [0.2, 0.25) is 0 Å². The maximum Gasteiger partial charge on any atom is 0.146 e. The van der Waals surface area contributed by atoms with E-state index in [0.29, 0.717) is 5.92 Å². The molecule has 0 aromatic heterocycles. The SMILES string of the molecule is CC(=O)[C@@H](N)C[C@@H](C)CC1CCCC1. The normalized spacial score (nSPS) is 22.2. The van der Waals surface area contributed by atoms with Crippen LogP contribution in [0, 0.1) is 11.8 Å². The minimum atomic E-state index is -0.230. The van der Waals surface area contributed by atoms with Gasteiger partial charge in [-0.2, -0.15) is 0 Å². The molecule has 0 heterocycles. The fourth-order valence-electron chi connectivity index (χ4n) is 2.51. The highest BCUT2D eigenvalue weighted by atomic mass is 16.1. The molecule has 82 valence electrons. The Morgan fingerprint density at radius 1 is 1.43 bits per heavy atom. The van der Waals surface area contributed by atoms with E-state index >= 15 is 0 Å². The summed E-state index contributed by atoms with van der Waals surface area (Å²) in [6, 6.07) is -0.230. The Balaban J connectivity index is 2.20. The fourth-order valence-corrected chi connectivity index (χ4v) is 2.51. The van der Waals surface area contributed by atoms with E-state index in [-0.39, 0.29) is 11.8 Å². The van der Waals surface area contributed by atoms with Crippen LogP contribution in [-0.2, 0) is 4.79 Å². The number of hydrogen-bond donors (Lipinski definition) is 1. The second-order valence-electron chi connectivity index (χ2n) is 4.94. The van der Waals surface area contributed by atoms with E-state index < -0.39 is 0 Å². The molecule has 2 nitrogen and oxygen atoms in total. The molecule has 1 saturated carbocycles. The molecule has 1 aliphatic carbocycles. The number of hydrogen-bond acceptors (Lipinski definition) is 2. The average molecular weight is 197 g/mol. The summed E-state index contributed by atoms with van der Waals surface area (Å²) in [5.74, 6) is 1.64. The van der Waals surface area contributed by atoms with Gasteiger partial charge in [0.1, 0.15) is 5.78 Å². The van der Waals surface area contributed by atoms with Gasteiger partial charge < -0.3 is 5.73 Å². The summed E-state index contributed by atoms with van der Waals surface area (Å²) in [5, 5.41) is 0. The second kappa shape index (κ2) is 5.50. The molecule has 0 saturated heterocycles. The summed E-state index contributed by atoms with van der Waals surface area (Å²) in [6.07, 6.45) is 7.71. The van der Waals surface area contributed by atoms with E-state index in [1.807, 2.05) is 0 Å². The quantitative estimate of drug-likeness (QED) is 0.736. The van der Waals surface area contributed by atoms with Crippen molar-refractivity contribution in [2.24, 2.45) is 17.6 Å². The Labute approximate surface area is 87.2 Å². The number of carbonyl (C=O) groups is 1. The number of ketones is 1. The lowest BCUT2D eigenvalue weighted by Gasteiger charge is -2.18. The minimum Gasteiger partial charge on any atom is -0.322 e. The van der Waals surface area contributed by atoms with Crippen LogP contribution in [0.15, 0.2) is 0 Å². The first kappa shape index (κ1) is 11.7. The van der Waals surface area contributed by atoms with Crippen LogP contribution in [0.3, 0.4) is 0 Å². The molecule has 0 spiro atoms. The van der Waals surface area contributed by atoms with Crippen molar-refractivity contribution < 1.29 is 4.79 Å². The van der Waals surface area contributed by atoms with Gasteiger partial charge in [0.15, 0.2) is 0 Å². The molecule has 0 aromatic carbocycles. The standard InChI is InChI=1S/C12H23NO/c1-9(8-12(13)10(2)14)7-11-5-3-4-6-11/h9,11-12H,3-8,13H2,1-2H3/t9-,12-/m0/s1. The smallest absolute Gasteiger partial charge is 0.146 e. The summed E-state index contributed by atoms with van der Waals surface area (Å²) < 4.78 is 0. The van der Waals surface area contributed by atoms with Gasteiger partial charge in [-0.25, -0.2) is 0 Å².